The number of carbonyl (C=O) groups is 3. The summed E-state index contributed by atoms with van der Waals surface area (Å²) in [6.45, 7) is 4.29. The lowest BCUT2D eigenvalue weighted by molar-refractivity contribution is -0.138. The number of ether oxygens (including phenoxy) is 3. The summed E-state index contributed by atoms with van der Waals surface area (Å²) < 4.78 is 16.9. The van der Waals surface area contributed by atoms with Gasteiger partial charge in [0.1, 0.15) is 4.32 Å². The molecule has 0 atom stereocenters. The summed E-state index contributed by atoms with van der Waals surface area (Å²) in [5.41, 5.74) is 0.694. The van der Waals surface area contributed by atoms with Crippen LogP contribution in [0.1, 0.15) is 18.9 Å². The van der Waals surface area contributed by atoms with Crippen LogP contribution in [0.4, 0.5) is 0 Å². The fourth-order valence-corrected chi connectivity index (χ4v) is 4.41. The minimum absolute atomic E-state index is 0.0332. The summed E-state index contributed by atoms with van der Waals surface area (Å²) in [6, 6.07) is 5.16. The second-order valence-corrected chi connectivity index (χ2v) is 8.57. The van der Waals surface area contributed by atoms with Crippen molar-refractivity contribution in [2.45, 2.75) is 13.3 Å². The van der Waals surface area contributed by atoms with E-state index in [2.05, 4.69) is 0 Å². The number of rotatable bonds is 9. The van der Waals surface area contributed by atoms with Gasteiger partial charge in [0.2, 0.25) is 0 Å². The van der Waals surface area contributed by atoms with Crippen molar-refractivity contribution in [1.82, 2.24) is 9.80 Å². The number of nitrogens with zero attached hydrogens (tertiary/aromatic N) is 2. The Kier molecular flexibility index (Phi) is 8.48. The van der Waals surface area contributed by atoms with Crippen molar-refractivity contribution < 1.29 is 33.7 Å². The van der Waals surface area contributed by atoms with Gasteiger partial charge >= 0.3 is 5.97 Å². The number of carbonyl (C=O) groups excluding carboxylic acids is 2. The molecule has 0 aromatic heterocycles. The van der Waals surface area contributed by atoms with Crippen molar-refractivity contribution in [3.8, 4) is 11.5 Å². The monoisotopic (exact) mass is 480 g/mol. The lowest BCUT2D eigenvalue weighted by Gasteiger charge is -2.26. The van der Waals surface area contributed by atoms with E-state index < -0.39 is 5.97 Å². The normalized spacial score (nSPS) is 17.7. The number of aliphatic carboxylic acids is 1. The molecule has 0 aliphatic carbocycles. The summed E-state index contributed by atoms with van der Waals surface area (Å²) in [4.78, 5) is 39.1. The Hall–Kier alpha value is -2.63. The Bertz CT molecular complexity index is 929. The van der Waals surface area contributed by atoms with Gasteiger partial charge < -0.3 is 24.2 Å². The fourth-order valence-electron chi connectivity index (χ4n) is 3.10. The van der Waals surface area contributed by atoms with Gasteiger partial charge in [-0.15, -0.1) is 0 Å². The molecule has 1 N–H and O–H groups in total. The SMILES string of the molecule is CCOc1cc(/C=C2/SC(=S)N(CCC(=O)O)C2=O)ccc1OCC(=O)N1CCOCC1. The van der Waals surface area contributed by atoms with E-state index in [9.17, 15) is 14.4 Å². The number of benzene rings is 1. The highest BCUT2D eigenvalue weighted by atomic mass is 32.2. The molecule has 3 rings (SSSR count). The third kappa shape index (κ3) is 6.21. The van der Waals surface area contributed by atoms with Gasteiger partial charge in [0.05, 0.1) is 31.1 Å². The topological polar surface area (TPSA) is 106 Å². The smallest absolute Gasteiger partial charge is 0.305 e. The molecule has 0 saturated carbocycles. The average molecular weight is 481 g/mol. The van der Waals surface area contributed by atoms with Crippen molar-refractivity contribution in [3.05, 3.63) is 28.7 Å². The van der Waals surface area contributed by atoms with Crippen LogP contribution in [0.3, 0.4) is 0 Å². The van der Waals surface area contributed by atoms with Crippen LogP contribution < -0.4 is 9.47 Å². The van der Waals surface area contributed by atoms with Crippen LogP contribution in [-0.4, -0.2) is 83.1 Å². The van der Waals surface area contributed by atoms with Crippen molar-refractivity contribution in [2.24, 2.45) is 0 Å². The zero-order chi connectivity index (χ0) is 23.1. The number of thioether (sulfide) groups is 1. The van der Waals surface area contributed by atoms with Crippen molar-refractivity contribution >= 4 is 52.2 Å². The van der Waals surface area contributed by atoms with Gasteiger partial charge in [-0.25, -0.2) is 0 Å². The van der Waals surface area contributed by atoms with Crippen LogP contribution in [0.15, 0.2) is 23.1 Å². The molecule has 172 valence electrons. The third-order valence-corrected chi connectivity index (χ3v) is 6.08. The van der Waals surface area contributed by atoms with Crippen LogP contribution in [-0.2, 0) is 19.1 Å². The van der Waals surface area contributed by atoms with E-state index in [1.165, 1.54) is 4.90 Å². The molecule has 0 bridgehead atoms. The van der Waals surface area contributed by atoms with Gasteiger partial charge in [0, 0.05) is 19.6 Å². The highest BCUT2D eigenvalue weighted by Crippen LogP contribution is 2.35. The molecule has 9 nitrogen and oxygen atoms in total. The molecular formula is C21H24N2O7S2. The molecule has 11 heteroatoms. The van der Waals surface area contributed by atoms with Crippen LogP contribution in [0, 0.1) is 0 Å². The summed E-state index contributed by atoms with van der Waals surface area (Å²) in [5.74, 6) is -0.551. The third-order valence-electron chi connectivity index (χ3n) is 4.70. The van der Waals surface area contributed by atoms with E-state index >= 15 is 0 Å². The van der Waals surface area contributed by atoms with Gasteiger partial charge in [-0.2, -0.15) is 0 Å². The quantitative estimate of drug-likeness (QED) is 0.420. The highest BCUT2D eigenvalue weighted by Gasteiger charge is 2.32. The van der Waals surface area contributed by atoms with Gasteiger partial charge in [-0.3, -0.25) is 19.3 Å². The van der Waals surface area contributed by atoms with E-state index in [4.69, 9.17) is 31.5 Å². The van der Waals surface area contributed by atoms with Gasteiger partial charge in [0.15, 0.2) is 18.1 Å². The van der Waals surface area contributed by atoms with Crippen molar-refractivity contribution in [3.63, 3.8) is 0 Å². The summed E-state index contributed by atoms with van der Waals surface area (Å²) >= 11 is 6.33. The molecule has 2 aliphatic rings. The lowest BCUT2D eigenvalue weighted by atomic mass is 10.2. The first-order valence-electron chi connectivity index (χ1n) is 10.1. The van der Waals surface area contributed by atoms with Crippen LogP contribution in [0.2, 0.25) is 0 Å². The van der Waals surface area contributed by atoms with E-state index in [0.29, 0.717) is 59.2 Å². The van der Waals surface area contributed by atoms with E-state index in [-0.39, 0.29) is 31.4 Å². The average Bonchev–Trinajstić information content (AvgIpc) is 3.04. The van der Waals surface area contributed by atoms with Crippen LogP contribution in [0.5, 0.6) is 11.5 Å². The number of carboxylic acids is 1. The Morgan fingerprint density at radius 3 is 2.69 bits per heavy atom. The Balaban J connectivity index is 1.69. The maximum absolute atomic E-state index is 12.6. The summed E-state index contributed by atoms with van der Waals surface area (Å²) in [5, 5.41) is 8.85. The number of morpholine rings is 1. The molecule has 2 fully saturated rings. The Labute approximate surface area is 195 Å². The van der Waals surface area contributed by atoms with Gasteiger partial charge in [-0.05, 0) is 30.7 Å². The van der Waals surface area contributed by atoms with Gasteiger partial charge in [-0.1, -0.05) is 30.0 Å². The summed E-state index contributed by atoms with van der Waals surface area (Å²) in [6.07, 6.45) is 1.49. The number of thiocarbonyl (C=S) groups is 1. The molecule has 0 radical (unpaired) electrons. The first kappa shape index (κ1) is 24.0. The molecule has 1 aromatic rings. The maximum Gasteiger partial charge on any atom is 0.305 e. The zero-order valence-electron chi connectivity index (χ0n) is 17.6. The maximum atomic E-state index is 12.6. The first-order chi connectivity index (χ1) is 15.4. The highest BCUT2D eigenvalue weighted by molar-refractivity contribution is 8.26. The molecule has 2 amide bonds. The lowest BCUT2D eigenvalue weighted by Crippen LogP contribution is -2.43. The molecule has 0 unspecified atom stereocenters. The molecule has 32 heavy (non-hydrogen) atoms. The zero-order valence-corrected chi connectivity index (χ0v) is 19.2. The van der Waals surface area contributed by atoms with E-state index in [1.807, 2.05) is 6.92 Å². The second-order valence-electron chi connectivity index (χ2n) is 6.90. The second kappa shape index (κ2) is 11.3. The molecule has 0 spiro atoms. The molecule has 2 aliphatic heterocycles. The number of hydrogen-bond acceptors (Lipinski definition) is 8. The van der Waals surface area contributed by atoms with Crippen molar-refractivity contribution in [2.75, 3.05) is 46.1 Å². The molecular weight excluding hydrogens is 456 g/mol. The Morgan fingerprint density at radius 1 is 1.25 bits per heavy atom. The van der Waals surface area contributed by atoms with E-state index in [1.54, 1.807) is 29.2 Å². The number of hydrogen-bond donors (Lipinski definition) is 1. The van der Waals surface area contributed by atoms with Gasteiger partial charge in [0.25, 0.3) is 11.8 Å². The first-order valence-corrected chi connectivity index (χ1v) is 11.3. The minimum Gasteiger partial charge on any atom is -0.490 e. The number of amides is 2. The van der Waals surface area contributed by atoms with E-state index in [0.717, 1.165) is 11.8 Å². The fraction of sp³-hybridized carbons (Fsp3) is 0.429. The minimum atomic E-state index is -0.993. The largest absolute Gasteiger partial charge is 0.490 e. The van der Waals surface area contributed by atoms with Crippen molar-refractivity contribution in [1.29, 1.82) is 0 Å². The predicted octanol–water partition coefficient (Wildman–Crippen LogP) is 2.00. The summed E-state index contributed by atoms with van der Waals surface area (Å²) in [7, 11) is 0. The Morgan fingerprint density at radius 2 is 2.00 bits per heavy atom. The van der Waals surface area contributed by atoms with Crippen LogP contribution >= 0.6 is 24.0 Å². The predicted molar refractivity (Wildman–Crippen MR) is 123 cm³/mol. The standard InChI is InChI=1S/C21H24N2O7S2/c1-2-29-16-11-14(12-17-20(27)23(21(31)32-17)6-5-19(25)26)3-4-15(16)30-13-18(24)22-7-9-28-10-8-22/h3-4,11-12H,2,5-10,13H2,1H3,(H,25,26)/b17-12+. The number of carboxylic acid groups (broad SMARTS) is 1. The van der Waals surface area contributed by atoms with Crippen LogP contribution in [0.25, 0.3) is 6.08 Å². The molecule has 2 heterocycles. The molecule has 2 saturated heterocycles. The molecule has 1 aromatic carbocycles.